The summed E-state index contributed by atoms with van der Waals surface area (Å²) in [6, 6.07) is 0. The van der Waals surface area contributed by atoms with Crippen LogP contribution in [0.3, 0.4) is 0 Å². The Kier molecular flexibility index (Phi) is 6.08. The van der Waals surface area contributed by atoms with Gasteiger partial charge in [0.1, 0.15) is 6.61 Å². The zero-order valence-electron chi connectivity index (χ0n) is 8.73. The van der Waals surface area contributed by atoms with E-state index in [9.17, 15) is 4.79 Å². The van der Waals surface area contributed by atoms with Crippen molar-refractivity contribution < 1.29 is 9.53 Å². The molecule has 1 rings (SSSR count). The third-order valence-electron chi connectivity index (χ3n) is 2.07. The van der Waals surface area contributed by atoms with E-state index >= 15 is 0 Å². The van der Waals surface area contributed by atoms with E-state index in [2.05, 4.69) is 13.8 Å². The Labute approximate surface area is 91.2 Å². The summed E-state index contributed by atoms with van der Waals surface area (Å²) in [5.74, 6) is 0.582. The second-order valence-electron chi connectivity index (χ2n) is 3.86. The quantitative estimate of drug-likeness (QED) is 0.745. The summed E-state index contributed by atoms with van der Waals surface area (Å²) in [6.45, 7) is 6.32. The van der Waals surface area contributed by atoms with Crippen LogP contribution in [0.15, 0.2) is 0 Å². The van der Waals surface area contributed by atoms with Crippen molar-refractivity contribution in [3.63, 3.8) is 0 Å². The molecule has 0 aromatic rings. The minimum atomic E-state index is 0. The number of ether oxygens (including phenoxy) is 1. The SMILES string of the molecule is CC(C)CN1CC(CN)OCC1=O.Cl. The lowest BCUT2D eigenvalue weighted by atomic mass is 10.2. The number of hydrogen-bond donors (Lipinski definition) is 1. The molecule has 84 valence electrons. The number of halogens is 1. The Morgan fingerprint density at radius 2 is 2.29 bits per heavy atom. The molecule has 4 nitrogen and oxygen atoms in total. The monoisotopic (exact) mass is 222 g/mol. The molecule has 0 spiro atoms. The largest absolute Gasteiger partial charge is 0.365 e. The van der Waals surface area contributed by atoms with E-state index in [-0.39, 0.29) is 31.0 Å². The van der Waals surface area contributed by atoms with E-state index < -0.39 is 0 Å². The molecule has 0 radical (unpaired) electrons. The van der Waals surface area contributed by atoms with Gasteiger partial charge in [0.25, 0.3) is 0 Å². The molecule has 1 aliphatic heterocycles. The fraction of sp³-hybridized carbons (Fsp3) is 0.889. The molecule has 1 atom stereocenters. The summed E-state index contributed by atoms with van der Waals surface area (Å²) >= 11 is 0. The molecular weight excluding hydrogens is 204 g/mol. The van der Waals surface area contributed by atoms with Gasteiger partial charge >= 0.3 is 0 Å². The molecule has 1 unspecified atom stereocenters. The zero-order valence-corrected chi connectivity index (χ0v) is 9.55. The molecule has 2 N–H and O–H groups in total. The van der Waals surface area contributed by atoms with E-state index in [4.69, 9.17) is 10.5 Å². The number of amides is 1. The Morgan fingerprint density at radius 3 is 2.79 bits per heavy atom. The van der Waals surface area contributed by atoms with Crippen molar-refractivity contribution in [1.82, 2.24) is 4.90 Å². The van der Waals surface area contributed by atoms with Crippen LogP contribution in [-0.4, -0.2) is 43.2 Å². The topological polar surface area (TPSA) is 55.6 Å². The highest BCUT2D eigenvalue weighted by atomic mass is 35.5. The molecular formula is C9H19ClN2O2. The molecule has 1 heterocycles. The molecule has 1 amide bonds. The maximum Gasteiger partial charge on any atom is 0.248 e. The molecule has 0 aliphatic carbocycles. The van der Waals surface area contributed by atoms with Gasteiger partial charge in [-0.05, 0) is 5.92 Å². The van der Waals surface area contributed by atoms with Crippen molar-refractivity contribution >= 4 is 18.3 Å². The van der Waals surface area contributed by atoms with Crippen molar-refractivity contribution in [2.75, 3.05) is 26.2 Å². The van der Waals surface area contributed by atoms with Crippen LogP contribution < -0.4 is 5.73 Å². The third kappa shape index (κ3) is 3.82. The summed E-state index contributed by atoms with van der Waals surface area (Å²) in [5, 5.41) is 0. The molecule has 5 heteroatoms. The fourth-order valence-corrected chi connectivity index (χ4v) is 1.44. The Bertz CT molecular complexity index is 188. The third-order valence-corrected chi connectivity index (χ3v) is 2.07. The minimum absolute atomic E-state index is 0. The predicted octanol–water partition coefficient (Wildman–Crippen LogP) is 0.250. The van der Waals surface area contributed by atoms with Gasteiger partial charge in [-0.15, -0.1) is 12.4 Å². The highest BCUT2D eigenvalue weighted by Gasteiger charge is 2.25. The maximum atomic E-state index is 11.4. The van der Waals surface area contributed by atoms with Crippen LogP contribution in [0.25, 0.3) is 0 Å². The first-order valence-corrected chi connectivity index (χ1v) is 4.73. The highest BCUT2D eigenvalue weighted by molar-refractivity contribution is 5.85. The van der Waals surface area contributed by atoms with Crippen LogP contribution in [0, 0.1) is 5.92 Å². The van der Waals surface area contributed by atoms with Crippen molar-refractivity contribution in [3.8, 4) is 0 Å². The van der Waals surface area contributed by atoms with E-state index in [0.717, 1.165) is 6.54 Å². The van der Waals surface area contributed by atoms with Gasteiger partial charge in [0.15, 0.2) is 0 Å². The Morgan fingerprint density at radius 1 is 1.64 bits per heavy atom. The van der Waals surface area contributed by atoms with Gasteiger partial charge in [-0.3, -0.25) is 4.79 Å². The molecule has 14 heavy (non-hydrogen) atoms. The van der Waals surface area contributed by atoms with Crippen LogP contribution >= 0.6 is 12.4 Å². The summed E-state index contributed by atoms with van der Waals surface area (Å²) in [5.41, 5.74) is 5.48. The molecule has 1 fully saturated rings. The second-order valence-corrected chi connectivity index (χ2v) is 3.86. The molecule has 1 saturated heterocycles. The van der Waals surface area contributed by atoms with Crippen molar-refractivity contribution in [2.45, 2.75) is 20.0 Å². The first-order valence-electron chi connectivity index (χ1n) is 4.73. The van der Waals surface area contributed by atoms with Crippen LogP contribution in [0.1, 0.15) is 13.8 Å². The predicted molar refractivity (Wildman–Crippen MR) is 57.5 cm³/mol. The van der Waals surface area contributed by atoms with E-state index in [1.807, 2.05) is 4.90 Å². The summed E-state index contributed by atoms with van der Waals surface area (Å²) in [4.78, 5) is 13.2. The van der Waals surface area contributed by atoms with Crippen LogP contribution in [0.2, 0.25) is 0 Å². The maximum absolute atomic E-state index is 11.4. The van der Waals surface area contributed by atoms with Gasteiger partial charge in [0.2, 0.25) is 5.91 Å². The smallest absolute Gasteiger partial charge is 0.248 e. The normalized spacial score (nSPS) is 22.4. The zero-order chi connectivity index (χ0) is 9.84. The number of carbonyl (C=O) groups excluding carboxylic acids is 1. The average Bonchev–Trinajstić information content (AvgIpc) is 2.08. The highest BCUT2D eigenvalue weighted by Crippen LogP contribution is 2.08. The van der Waals surface area contributed by atoms with Crippen LogP contribution in [-0.2, 0) is 9.53 Å². The summed E-state index contributed by atoms with van der Waals surface area (Å²) < 4.78 is 5.23. The first kappa shape index (κ1) is 13.7. The van der Waals surface area contributed by atoms with Gasteiger partial charge in [0, 0.05) is 19.6 Å². The number of rotatable bonds is 3. The van der Waals surface area contributed by atoms with Gasteiger partial charge in [-0.25, -0.2) is 0 Å². The lowest BCUT2D eigenvalue weighted by Crippen LogP contribution is -2.50. The van der Waals surface area contributed by atoms with Crippen LogP contribution in [0.4, 0.5) is 0 Å². The molecule has 0 saturated carbocycles. The summed E-state index contributed by atoms with van der Waals surface area (Å²) in [6.07, 6.45) is 0.0245. The second kappa shape index (κ2) is 6.22. The van der Waals surface area contributed by atoms with Gasteiger partial charge < -0.3 is 15.4 Å². The van der Waals surface area contributed by atoms with Crippen molar-refractivity contribution in [1.29, 1.82) is 0 Å². The fourth-order valence-electron chi connectivity index (χ4n) is 1.44. The molecule has 1 aliphatic rings. The average molecular weight is 223 g/mol. The lowest BCUT2D eigenvalue weighted by molar-refractivity contribution is -0.148. The molecule has 0 aromatic heterocycles. The minimum Gasteiger partial charge on any atom is -0.365 e. The number of nitrogens with zero attached hydrogens (tertiary/aromatic N) is 1. The van der Waals surface area contributed by atoms with Gasteiger partial charge in [-0.2, -0.15) is 0 Å². The van der Waals surface area contributed by atoms with Crippen molar-refractivity contribution in [2.24, 2.45) is 11.7 Å². The molecule has 0 aromatic carbocycles. The number of nitrogens with two attached hydrogens (primary N) is 1. The van der Waals surface area contributed by atoms with Gasteiger partial charge in [-0.1, -0.05) is 13.8 Å². The lowest BCUT2D eigenvalue weighted by Gasteiger charge is -2.33. The summed E-state index contributed by atoms with van der Waals surface area (Å²) in [7, 11) is 0. The molecule has 0 bridgehead atoms. The van der Waals surface area contributed by atoms with E-state index in [1.54, 1.807) is 0 Å². The Hall–Kier alpha value is -0.320. The van der Waals surface area contributed by atoms with Gasteiger partial charge in [0.05, 0.1) is 6.10 Å². The Balaban J connectivity index is 0.00000169. The van der Waals surface area contributed by atoms with Crippen LogP contribution in [0.5, 0.6) is 0 Å². The van der Waals surface area contributed by atoms with E-state index in [0.29, 0.717) is 19.0 Å². The van der Waals surface area contributed by atoms with E-state index in [1.165, 1.54) is 0 Å². The standard InChI is InChI=1S/C9H18N2O2.ClH/c1-7(2)4-11-5-8(3-10)13-6-9(11)12;/h7-8H,3-6,10H2,1-2H3;1H. The number of hydrogen-bond acceptors (Lipinski definition) is 3. The number of morpholine rings is 1. The van der Waals surface area contributed by atoms with Crippen molar-refractivity contribution in [3.05, 3.63) is 0 Å². The number of carbonyl (C=O) groups is 1. The first-order chi connectivity index (χ1) is 6.13.